The van der Waals surface area contributed by atoms with Gasteiger partial charge in [0.25, 0.3) is 0 Å². The summed E-state index contributed by atoms with van der Waals surface area (Å²) in [6.45, 7) is 4.30. The standard InChI is InChI=1S/C42H76NO8P/c1-6-8-10-12-14-16-18-19-20-21-22-23-25-26-28-30-32-34-41(44)48-38-40(39-50-52(46,47)49-37-36-43(3,4)5)51-42(45)35-33-31-29-27-24-17-15-13-11-9-7-2/h14,16,19-20,22-23,26,28,40H,6-13,15,17-18,21,24-25,27,29-39H2,1-5H3/p+1/b16-14-,20-19-,23-22-,28-26-/t40-/m1/s1. The maximum absolute atomic E-state index is 12.6. The lowest BCUT2D eigenvalue weighted by Gasteiger charge is -2.24. The molecule has 52 heavy (non-hydrogen) atoms. The van der Waals surface area contributed by atoms with E-state index >= 15 is 0 Å². The van der Waals surface area contributed by atoms with E-state index in [0.717, 1.165) is 44.9 Å². The van der Waals surface area contributed by atoms with Crippen LogP contribution in [0.5, 0.6) is 0 Å². The number of carbonyl (C=O) groups excluding carboxylic acids is 2. The molecule has 302 valence electrons. The van der Waals surface area contributed by atoms with Crippen LogP contribution in [0, 0.1) is 0 Å². The lowest BCUT2D eigenvalue weighted by Crippen LogP contribution is -2.37. The maximum Gasteiger partial charge on any atom is 0.472 e. The molecule has 0 aromatic carbocycles. The number of likely N-dealkylation sites (N-methyl/N-ethyl adjacent to an activating group) is 1. The third-order valence-corrected chi connectivity index (χ3v) is 9.35. The van der Waals surface area contributed by atoms with Crippen LogP contribution in [0.3, 0.4) is 0 Å². The van der Waals surface area contributed by atoms with Gasteiger partial charge in [0, 0.05) is 12.8 Å². The molecule has 0 radical (unpaired) electrons. The second kappa shape index (κ2) is 34.7. The topological polar surface area (TPSA) is 108 Å². The van der Waals surface area contributed by atoms with Gasteiger partial charge in [0.2, 0.25) is 0 Å². The first-order chi connectivity index (χ1) is 25.0. The van der Waals surface area contributed by atoms with Gasteiger partial charge in [-0.2, -0.15) is 0 Å². The summed E-state index contributed by atoms with van der Waals surface area (Å²) in [6.07, 6.45) is 38.8. The Morgan fingerprint density at radius 3 is 1.60 bits per heavy atom. The van der Waals surface area contributed by atoms with Gasteiger partial charge in [-0.15, -0.1) is 0 Å². The summed E-state index contributed by atoms with van der Waals surface area (Å²) >= 11 is 0. The van der Waals surface area contributed by atoms with E-state index < -0.39 is 32.5 Å². The Kier molecular flexibility index (Phi) is 33.4. The van der Waals surface area contributed by atoms with Crippen LogP contribution in [-0.2, 0) is 32.7 Å². The zero-order valence-corrected chi connectivity index (χ0v) is 34.7. The molecule has 0 spiro atoms. The molecule has 0 aliphatic heterocycles. The van der Waals surface area contributed by atoms with E-state index in [1.165, 1.54) is 70.6 Å². The van der Waals surface area contributed by atoms with Crippen molar-refractivity contribution in [2.45, 2.75) is 161 Å². The quantitative estimate of drug-likeness (QED) is 0.0221. The Morgan fingerprint density at radius 1 is 0.596 bits per heavy atom. The molecular weight excluding hydrogens is 677 g/mol. The molecule has 0 bridgehead atoms. The van der Waals surface area contributed by atoms with Crippen molar-refractivity contribution in [2.24, 2.45) is 0 Å². The number of esters is 2. The highest BCUT2D eigenvalue weighted by Gasteiger charge is 2.27. The fourth-order valence-corrected chi connectivity index (χ4v) is 5.86. The summed E-state index contributed by atoms with van der Waals surface area (Å²) in [5, 5.41) is 0. The highest BCUT2D eigenvalue weighted by atomic mass is 31.2. The number of hydrogen-bond acceptors (Lipinski definition) is 7. The molecule has 0 fully saturated rings. The SMILES string of the molecule is CCCCC/C=C\C/C=C\C/C=C\C/C=C\CCCC(=O)OC[C@H](COP(=O)(O)OCC[N+](C)(C)C)OC(=O)CCCCCCCCCCCCC. The van der Waals surface area contributed by atoms with Crippen molar-refractivity contribution >= 4 is 19.8 Å². The normalized spacial score (nSPS) is 14.2. The fraction of sp³-hybridized carbons (Fsp3) is 0.762. The van der Waals surface area contributed by atoms with Gasteiger partial charge < -0.3 is 18.9 Å². The summed E-state index contributed by atoms with van der Waals surface area (Å²) in [4.78, 5) is 35.2. The number of allylic oxidation sites excluding steroid dienone is 8. The maximum atomic E-state index is 12.6. The number of phosphoric ester groups is 1. The van der Waals surface area contributed by atoms with E-state index in [1.807, 2.05) is 21.1 Å². The molecule has 9 nitrogen and oxygen atoms in total. The van der Waals surface area contributed by atoms with Gasteiger partial charge in [0.05, 0.1) is 27.7 Å². The molecule has 0 aromatic heterocycles. The van der Waals surface area contributed by atoms with Crippen molar-refractivity contribution < 1.29 is 42.1 Å². The molecule has 0 saturated carbocycles. The monoisotopic (exact) mass is 755 g/mol. The highest BCUT2D eigenvalue weighted by molar-refractivity contribution is 7.47. The summed E-state index contributed by atoms with van der Waals surface area (Å²) in [6, 6.07) is 0. The van der Waals surface area contributed by atoms with E-state index in [9.17, 15) is 19.0 Å². The van der Waals surface area contributed by atoms with Gasteiger partial charge in [-0.05, 0) is 51.4 Å². The molecule has 0 amide bonds. The van der Waals surface area contributed by atoms with Crippen LogP contribution in [0.1, 0.15) is 155 Å². The van der Waals surface area contributed by atoms with Gasteiger partial charge in [0.15, 0.2) is 6.10 Å². The van der Waals surface area contributed by atoms with E-state index in [1.54, 1.807) is 0 Å². The zero-order valence-electron chi connectivity index (χ0n) is 33.8. The van der Waals surface area contributed by atoms with Crippen LogP contribution < -0.4 is 0 Å². The summed E-state index contributed by atoms with van der Waals surface area (Å²) in [5.74, 6) is -0.867. The van der Waals surface area contributed by atoms with Gasteiger partial charge in [-0.25, -0.2) is 4.57 Å². The second-order valence-corrected chi connectivity index (χ2v) is 16.1. The first-order valence-corrected chi connectivity index (χ1v) is 21.9. The Balaban J connectivity index is 4.49. The fourth-order valence-electron chi connectivity index (χ4n) is 5.12. The minimum Gasteiger partial charge on any atom is -0.462 e. The van der Waals surface area contributed by atoms with Crippen LogP contribution in [0.2, 0.25) is 0 Å². The Morgan fingerprint density at radius 2 is 1.06 bits per heavy atom. The van der Waals surface area contributed by atoms with Gasteiger partial charge in [-0.1, -0.05) is 140 Å². The molecule has 1 unspecified atom stereocenters. The number of quaternary nitrogens is 1. The average Bonchev–Trinajstić information content (AvgIpc) is 3.09. The van der Waals surface area contributed by atoms with E-state index in [-0.39, 0.29) is 26.1 Å². The molecular formula is C42H77NO8P+. The third-order valence-electron chi connectivity index (χ3n) is 8.36. The molecule has 0 rings (SSSR count). The van der Waals surface area contributed by atoms with E-state index in [4.69, 9.17) is 18.5 Å². The van der Waals surface area contributed by atoms with Crippen LogP contribution in [0.4, 0.5) is 0 Å². The lowest BCUT2D eigenvalue weighted by molar-refractivity contribution is -0.870. The van der Waals surface area contributed by atoms with E-state index in [2.05, 4.69) is 62.5 Å². The smallest absolute Gasteiger partial charge is 0.462 e. The molecule has 2 atom stereocenters. The van der Waals surface area contributed by atoms with Crippen LogP contribution in [0.25, 0.3) is 0 Å². The molecule has 0 saturated heterocycles. The number of ether oxygens (including phenoxy) is 2. The zero-order chi connectivity index (χ0) is 38.6. The van der Waals surface area contributed by atoms with Gasteiger partial charge >= 0.3 is 19.8 Å². The number of phosphoric acid groups is 1. The van der Waals surface area contributed by atoms with Crippen molar-refractivity contribution in [3.63, 3.8) is 0 Å². The molecule has 0 aliphatic carbocycles. The number of nitrogens with zero attached hydrogens (tertiary/aromatic N) is 1. The van der Waals surface area contributed by atoms with Crippen LogP contribution in [0.15, 0.2) is 48.6 Å². The summed E-state index contributed by atoms with van der Waals surface area (Å²) < 4.78 is 34.1. The Labute approximate surface area is 318 Å². The highest BCUT2D eigenvalue weighted by Crippen LogP contribution is 2.43. The minimum atomic E-state index is -4.38. The van der Waals surface area contributed by atoms with Gasteiger partial charge in [0.1, 0.15) is 19.8 Å². The summed E-state index contributed by atoms with van der Waals surface area (Å²) in [5.41, 5.74) is 0. The molecule has 10 heteroatoms. The molecule has 0 aromatic rings. The second-order valence-electron chi connectivity index (χ2n) is 14.7. The molecule has 1 N–H and O–H groups in total. The van der Waals surface area contributed by atoms with Crippen molar-refractivity contribution in [1.82, 2.24) is 0 Å². The van der Waals surface area contributed by atoms with Crippen molar-refractivity contribution in [3.8, 4) is 0 Å². The number of rotatable bonds is 36. The predicted molar refractivity (Wildman–Crippen MR) is 215 cm³/mol. The van der Waals surface area contributed by atoms with Gasteiger partial charge in [-0.3, -0.25) is 18.6 Å². The Hall–Kier alpha value is -2.03. The largest absolute Gasteiger partial charge is 0.472 e. The van der Waals surface area contributed by atoms with Crippen molar-refractivity contribution in [2.75, 3.05) is 47.5 Å². The van der Waals surface area contributed by atoms with Crippen LogP contribution >= 0.6 is 7.82 Å². The van der Waals surface area contributed by atoms with Crippen LogP contribution in [-0.4, -0.2) is 74.9 Å². The number of hydrogen-bond donors (Lipinski definition) is 1. The number of carbonyl (C=O) groups is 2. The minimum absolute atomic E-state index is 0.0228. The predicted octanol–water partition coefficient (Wildman–Crippen LogP) is 11.1. The Bertz CT molecular complexity index is 1030. The third kappa shape index (κ3) is 37.7. The number of unbranched alkanes of at least 4 members (excludes halogenated alkanes) is 14. The van der Waals surface area contributed by atoms with Crippen molar-refractivity contribution in [1.29, 1.82) is 0 Å². The first kappa shape index (κ1) is 50.0. The lowest BCUT2D eigenvalue weighted by atomic mass is 10.1. The summed E-state index contributed by atoms with van der Waals surface area (Å²) in [7, 11) is 1.44. The molecule has 0 aliphatic rings. The first-order valence-electron chi connectivity index (χ1n) is 20.4. The average molecular weight is 755 g/mol. The molecule has 0 heterocycles. The van der Waals surface area contributed by atoms with Crippen molar-refractivity contribution in [3.05, 3.63) is 48.6 Å². The van der Waals surface area contributed by atoms with E-state index in [0.29, 0.717) is 23.9 Å².